The SMILES string of the molecule is Cc1cccc(CNC(=O)C[C@@]2(Cc3ccccc3)C(=O)N(C)c3ccccc32)n1. The number of hydrogen-bond donors (Lipinski definition) is 1. The fourth-order valence-corrected chi connectivity index (χ4v) is 4.29. The summed E-state index contributed by atoms with van der Waals surface area (Å²) in [5.74, 6) is -0.205. The number of aromatic nitrogens is 1. The second-order valence-corrected chi connectivity index (χ2v) is 7.85. The van der Waals surface area contributed by atoms with Crippen LogP contribution in [0.25, 0.3) is 0 Å². The molecule has 2 heterocycles. The number of rotatable bonds is 6. The average molecular weight is 399 g/mol. The van der Waals surface area contributed by atoms with Crippen molar-refractivity contribution >= 4 is 17.5 Å². The molecule has 1 aliphatic rings. The van der Waals surface area contributed by atoms with Gasteiger partial charge in [-0.15, -0.1) is 0 Å². The highest BCUT2D eigenvalue weighted by atomic mass is 16.2. The number of anilines is 1. The molecule has 3 aromatic rings. The van der Waals surface area contributed by atoms with Gasteiger partial charge in [0.05, 0.1) is 17.7 Å². The van der Waals surface area contributed by atoms with Crippen LogP contribution in [-0.2, 0) is 28.0 Å². The van der Waals surface area contributed by atoms with Crippen LogP contribution in [0.1, 0.15) is 28.9 Å². The number of carbonyl (C=O) groups is 2. The minimum Gasteiger partial charge on any atom is -0.350 e. The molecule has 30 heavy (non-hydrogen) atoms. The Balaban J connectivity index is 1.63. The zero-order chi connectivity index (χ0) is 21.1. The monoisotopic (exact) mass is 399 g/mol. The number of hydrogen-bond acceptors (Lipinski definition) is 3. The van der Waals surface area contributed by atoms with Crippen molar-refractivity contribution in [1.82, 2.24) is 10.3 Å². The molecule has 1 aromatic heterocycles. The van der Waals surface area contributed by atoms with E-state index in [2.05, 4.69) is 10.3 Å². The minimum absolute atomic E-state index is 0.0450. The average Bonchev–Trinajstić information content (AvgIpc) is 2.95. The second-order valence-electron chi connectivity index (χ2n) is 7.85. The van der Waals surface area contributed by atoms with Gasteiger partial charge in [-0.3, -0.25) is 14.6 Å². The first kappa shape index (κ1) is 19.8. The van der Waals surface area contributed by atoms with Crippen molar-refractivity contribution in [2.75, 3.05) is 11.9 Å². The van der Waals surface area contributed by atoms with Crippen LogP contribution < -0.4 is 10.2 Å². The molecule has 2 amide bonds. The Morgan fingerprint density at radius 2 is 1.73 bits per heavy atom. The summed E-state index contributed by atoms with van der Waals surface area (Å²) in [5.41, 5.74) is 3.59. The van der Waals surface area contributed by atoms with E-state index in [1.807, 2.05) is 79.7 Å². The van der Waals surface area contributed by atoms with Gasteiger partial charge in [0.1, 0.15) is 0 Å². The molecule has 1 atom stereocenters. The standard InChI is InChI=1S/C25H25N3O2/c1-18-9-8-12-20(27-18)17-26-23(29)16-25(15-19-10-4-3-5-11-19)21-13-6-7-14-22(21)28(2)24(25)30/h3-14H,15-17H2,1-2H3,(H,26,29)/t25-/m1/s1. The van der Waals surface area contributed by atoms with Gasteiger partial charge in [-0.25, -0.2) is 0 Å². The third-order valence-electron chi connectivity index (χ3n) is 5.72. The number of carbonyl (C=O) groups excluding carboxylic acids is 2. The van der Waals surface area contributed by atoms with E-state index in [0.29, 0.717) is 13.0 Å². The molecule has 0 unspecified atom stereocenters. The van der Waals surface area contributed by atoms with Crippen LogP contribution in [0.2, 0.25) is 0 Å². The van der Waals surface area contributed by atoms with E-state index in [-0.39, 0.29) is 18.2 Å². The van der Waals surface area contributed by atoms with Crippen LogP contribution >= 0.6 is 0 Å². The van der Waals surface area contributed by atoms with Gasteiger partial charge in [-0.05, 0) is 42.7 Å². The number of benzene rings is 2. The van der Waals surface area contributed by atoms with Crippen molar-refractivity contribution in [3.05, 3.63) is 95.3 Å². The third-order valence-corrected chi connectivity index (χ3v) is 5.72. The van der Waals surface area contributed by atoms with Crippen LogP contribution in [0, 0.1) is 6.92 Å². The summed E-state index contributed by atoms with van der Waals surface area (Å²) in [6, 6.07) is 23.4. The van der Waals surface area contributed by atoms with E-state index < -0.39 is 5.41 Å². The Morgan fingerprint density at radius 3 is 2.50 bits per heavy atom. The summed E-state index contributed by atoms with van der Waals surface area (Å²) >= 11 is 0. The van der Waals surface area contributed by atoms with E-state index in [1.54, 1.807) is 11.9 Å². The van der Waals surface area contributed by atoms with Gasteiger partial charge in [0.2, 0.25) is 11.8 Å². The van der Waals surface area contributed by atoms with Gasteiger partial charge >= 0.3 is 0 Å². The van der Waals surface area contributed by atoms with Gasteiger partial charge in [0, 0.05) is 24.8 Å². The van der Waals surface area contributed by atoms with E-state index in [1.165, 1.54) is 0 Å². The number of amides is 2. The number of nitrogens with one attached hydrogen (secondary N) is 1. The van der Waals surface area contributed by atoms with E-state index in [0.717, 1.165) is 28.2 Å². The topological polar surface area (TPSA) is 62.3 Å². The van der Waals surface area contributed by atoms with Crippen molar-refractivity contribution in [3.63, 3.8) is 0 Å². The van der Waals surface area contributed by atoms with Crippen molar-refractivity contribution in [2.45, 2.75) is 31.7 Å². The molecular weight excluding hydrogens is 374 g/mol. The number of para-hydroxylation sites is 1. The highest BCUT2D eigenvalue weighted by molar-refractivity contribution is 6.09. The Kier molecular flexibility index (Phi) is 5.36. The maximum atomic E-state index is 13.5. The Labute approximate surface area is 176 Å². The molecule has 0 fully saturated rings. The molecule has 1 aliphatic heterocycles. The zero-order valence-electron chi connectivity index (χ0n) is 17.3. The first-order valence-corrected chi connectivity index (χ1v) is 10.1. The molecule has 152 valence electrons. The van der Waals surface area contributed by atoms with Crippen LogP contribution in [0.3, 0.4) is 0 Å². The molecule has 0 aliphatic carbocycles. The molecule has 5 nitrogen and oxygen atoms in total. The summed E-state index contributed by atoms with van der Waals surface area (Å²) in [5, 5.41) is 2.96. The maximum Gasteiger partial charge on any atom is 0.238 e. The first-order valence-electron chi connectivity index (χ1n) is 10.1. The predicted molar refractivity (Wildman–Crippen MR) is 117 cm³/mol. The second kappa shape index (κ2) is 8.11. The van der Waals surface area contributed by atoms with Gasteiger partial charge in [-0.1, -0.05) is 54.6 Å². The molecule has 0 spiro atoms. The van der Waals surface area contributed by atoms with E-state index >= 15 is 0 Å². The van der Waals surface area contributed by atoms with Gasteiger partial charge in [0.15, 0.2) is 0 Å². The molecular formula is C25H25N3O2. The summed E-state index contributed by atoms with van der Waals surface area (Å²) in [6.45, 7) is 2.26. The highest BCUT2D eigenvalue weighted by Gasteiger charge is 2.50. The summed E-state index contributed by atoms with van der Waals surface area (Å²) in [4.78, 5) is 32.6. The molecule has 1 N–H and O–H groups in total. The molecule has 0 saturated heterocycles. The molecule has 4 rings (SSSR count). The normalized spacial score (nSPS) is 17.7. The van der Waals surface area contributed by atoms with Gasteiger partial charge in [0.25, 0.3) is 0 Å². The van der Waals surface area contributed by atoms with Crippen LogP contribution in [0.5, 0.6) is 0 Å². The lowest BCUT2D eigenvalue weighted by Gasteiger charge is -2.28. The Morgan fingerprint density at radius 1 is 1.00 bits per heavy atom. The number of pyridine rings is 1. The third kappa shape index (κ3) is 3.71. The maximum absolute atomic E-state index is 13.5. The van der Waals surface area contributed by atoms with Crippen molar-refractivity contribution in [1.29, 1.82) is 0 Å². The molecule has 0 saturated carbocycles. The predicted octanol–water partition coefficient (Wildman–Crippen LogP) is 3.55. The smallest absolute Gasteiger partial charge is 0.238 e. The summed E-state index contributed by atoms with van der Waals surface area (Å²) in [7, 11) is 1.78. The Bertz CT molecular complexity index is 1080. The zero-order valence-corrected chi connectivity index (χ0v) is 17.3. The molecule has 5 heteroatoms. The van der Waals surface area contributed by atoms with Gasteiger partial charge < -0.3 is 10.2 Å². The van der Waals surface area contributed by atoms with E-state index in [9.17, 15) is 9.59 Å². The number of aryl methyl sites for hydroxylation is 1. The fraction of sp³-hybridized carbons (Fsp3) is 0.240. The minimum atomic E-state index is -0.920. The molecule has 0 radical (unpaired) electrons. The number of nitrogens with zero attached hydrogens (tertiary/aromatic N) is 2. The van der Waals surface area contributed by atoms with Crippen LogP contribution in [0.15, 0.2) is 72.8 Å². The molecule has 0 bridgehead atoms. The lowest BCUT2D eigenvalue weighted by atomic mass is 9.73. The number of fused-ring (bicyclic) bond motifs is 1. The van der Waals surface area contributed by atoms with Crippen molar-refractivity contribution < 1.29 is 9.59 Å². The van der Waals surface area contributed by atoms with Crippen LogP contribution in [0.4, 0.5) is 5.69 Å². The lowest BCUT2D eigenvalue weighted by molar-refractivity contribution is -0.129. The fourth-order valence-electron chi connectivity index (χ4n) is 4.29. The quantitative estimate of drug-likeness (QED) is 0.689. The van der Waals surface area contributed by atoms with Gasteiger partial charge in [-0.2, -0.15) is 0 Å². The largest absolute Gasteiger partial charge is 0.350 e. The van der Waals surface area contributed by atoms with E-state index in [4.69, 9.17) is 0 Å². The summed E-state index contributed by atoms with van der Waals surface area (Å²) in [6.07, 6.45) is 0.567. The lowest BCUT2D eigenvalue weighted by Crippen LogP contribution is -2.44. The Hall–Kier alpha value is -3.47. The van der Waals surface area contributed by atoms with Crippen molar-refractivity contribution in [2.24, 2.45) is 0 Å². The van der Waals surface area contributed by atoms with Crippen LogP contribution in [-0.4, -0.2) is 23.8 Å². The number of likely N-dealkylation sites (N-methyl/N-ethyl adjacent to an activating group) is 1. The first-order chi connectivity index (χ1) is 14.5. The highest BCUT2D eigenvalue weighted by Crippen LogP contribution is 2.45. The van der Waals surface area contributed by atoms with Crippen molar-refractivity contribution in [3.8, 4) is 0 Å². The summed E-state index contributed by atoms with van der Waals surface area (Å²) < 4.78 is 0. The molecule has 2 aromatic carbocycles.